The van der Waals surface area contributed by atoms with E-state index in [1.807, 2.05) is 31.2 Å². The van der Waals surface area contributed by atoms with Gasteiger partial charge >= 0.3 is 6.03 Å². The summed E-state index contributed by atoms with van der Waals surface area (Å²) < 4.78 is 0. The van der Waals surface area contributed by atoms with Crippen LogP contribution in [0.5, 0.6) is 0 Å². The number of hydrogen-bond acceptors (Lipinski definition) is 3. The largest absolute Gasteiger partial charge is 0.338 e. The Bertz CT molecular complexity index is 744. The van der Waals surface area contributed by atoms with Gasteiger partial charge in [-0.3, -0.25) is 14.5 Å². The maximum atomic E-state index is 13.0. The lowest BCUT2D eigenvalue weighted by Gasteiger charge is -2.34. The summed E-state index contributed by atoms with van der Waals surface area (Å²) in [5, 5.41) is 2.78. The highest BCUT2D eigenvalue weighted by atomic mass is 16.2. The second-order valence-electron chi connectivity index (χ2n) is 8.16. The fourth-order valence-corrected chi connectivity index (χ4v) is 3.93. The molecule has 3 rings (SSSR count). The molecule has 1 aromatic carbocycles. The van der Waals surface area contributed by atoms with E-state index in [2.05, 4.69) is 19.2 Å². The lowest BCUT2D eigenvalue weighted by molar-refractivity contribution is -0.140. The standard InChI is InChI=1S/C21H29N3O3/c1-14(2)16-8-10-17(11-9-16)21(4)19(26)24(20(27)22-21)13-18(25)23-12-6-5-7-15(23)3/h8-11,14-15H,5-7,12-13H2,1-4H3,(H,22,27)/t15-,21+/m0/s1. The van der Waals surface area contributed by atoms with Gasteiger partial charge in [-0.05, 0) is 50.2 Å². The van der Waals surface area contributed by atoms with Crippen LogP contribution in [0, 0.1) is 0 Å². The third-order valence-corrected chi connectivity index (χ3v) is 5.85. The molecule has 27 heavy (non-hydrogen) atoms. The van der Waals surface area contributed by atoms with Crippen molar-refractivity contribution in [2.75, 3.05) is 13.1 Å². The number of rotatable bonds is 4. The van der Waals surface area contributed by atoms with E-state index in [0.29, 0.717) is 12.5 Å². The number of nitrogens with one attached hydrogen (secondary N) is 1. The minimum atomic E-state index is -1.14. The molecule has 2 saturated heterocycles. The highest BCUT2D eigenvalue weighted by Crippen LogP contribution is 2.30. The first-order valence-corrected chi connectivity index (χ1v) is 9.78. The molecule has 4 amide bonds. The van der Waals surface area contributed by atoms with Gasteiger partial charge in [0.05, 0.1) is 0 Å². The predicted molar refractivity (Wildman–Crippen MR) is 103 cm³/mol. The molecule has 2 heterocycles. The summed E-state index contributed by atoms with van der Waals surface area (Å²) in [5.41, 5.74) is 0.761. The molecule has 6 nitrogen and oxygen atoms in total. The van der Waals surface area contributed by atoms with Gasteiger partial charge in [-0.2, -0.15) is 0 Å². The van der Waals surface area contributed by atoms with Crippen molar-refractivity contribution in [2.45, 2.75) is 64.5 Å². The zero-order valence-corrected chi connectivity index (χ0v) is 16.6. The molecular formula is C21H29N3O3. The summed E-state index contributed by atoms with van der Waals surface area (Å²) in [7, 11) is 0. The molecule has 0 saturated carbocycles. The second kappa shape index (κ2) is 7.33. The summed E-state index contributed by atoms with van der Waals surface area (Å²) in [6.45, 7) is 8.42. The molecule has 0 aliphatic carbocycles. The Morgan fingerprint density at radius 1 is 1.22 bits per heavy atom. The van der Waals surface area contributed by atoms with E-state index in [-0.39, 0.29) is 24.4 Å². The van der Waals surface area contributed by atoms with Crippen LogP contribution in [0.4, 0.5) is 4.79 Å². The zero-order valence-electron chi connectivity index (χ0n) is 16.6. The Hall–Kier alpha value is -2.37. The third kappa shape index (κ3) is 3.57. The van der Waals surface area contributed by atoms with Gasteiger partial charge in [0, 0.05) is 12.6 Å². The van der Waals surface area contributed by atoms with Crippen LogP contribution >= 0.6 is 0 Å². The molecule has 146 valence electrons. The molecule has 0 spiro atoms. The number of imide groups is 1. The first-order chi connectivity index (χ1) is 12.7. The first kappa shape index (κ1) is 19.4. The second-order valence-corrected chi connectivity index (χ2v) is 8.16. The van der Waals surface area contributed by atoms with Crippen molar-refractivity contribution in [3.63, 3.8) is 0 Å². The van der Waals surface area contributed by atoms with Crippen molar-refractivity contribution in [3.05, 3.63) is 35.4 Å². The van der Waals surface area contributed by atoms with E-state index in [0.717, 1.165) is 29.7 Å². The summed E-state index contributed by atoms with van der Waals surface area (Å²) in [5.74, 6) is -0.144. The van der Waals surface area contributed by atoms with E-state index in [9.17, 15) is 14.4 Å². The Morgan fingerprint density at radius 2 is 1.89 bits per heavy atom. The number of amides is 4. The lowest BCUT2D eigenvalue weighted by Crippen LogP contribution is -2.48. The van der Waals surface area contributed by atoms with Crippen LogP contribution in [-0.2, 0) is 15.1 Å². The fourth-order valence-electron chi connectivity index (χ4n) is 3.93. The molecule has 1 N–H and O–H groups in total. The molecule has 2 fully saturated rings. The molecule has 0 aromatic heterocycles. The van der Waals surface area contributed by atoms with Crippen LogP contribution in [0.2, 0.25) is 0 Å². The smallest absolute Gasteiger partial charge is 0.325 e. The summed E-state index contributed by atoms with van der Waals surface area (Å²) in [6.07, 6.45) is 3.04. The Kier molecular flexibility index (Phi) is 5.27. The minimum Gasteiger partial charge on any atom is -0.338 e. The van der Waals surface area contributed by atoms with Gasteiger partial charge < -0.3 is 10.2 Å². The van der Waals surface area contributed by atoms with Gasteiger partial charge in [0.2, 0.25) is 5.91 Å². The van der Waals surface area contributed by atoms with Gasteiger partial charge in [0.25, 0.3) is 5.91 Å². The van der Waals surface area contributed by atoms with Crippen LogP contribution in [0.3, 0.4) is 0 Å². The predicted octanol–water partition coefficient (Wildman–Crippen LogP) is 2.98. The quantitative estimate of drug-likeness (QED) is 0.827. The average Bonchev–Trinajstić information content (AvgIpc) is 2.86. The number of urea groups is 1. The number of hydrogen-bond donors (Lipinski definition) is 1. The number of nitrogens with zero attached hydrogens (tertiary/aromatic N) is 2. The summed E-state index contributed by atoms with van der Waals surface area (Å²) in [6, 6.07) is 7.37. The first-order valence-electron chi connectivity index (χ1n) is 9.78. The highest BCUT2D eigenvalue weighted by molar-refractivity contribution is 6.09. The van der Waals surface area contributed by atoms with Crippen molar-refractivity contribution in [2.24, 2.45) is 0 Å². The zero-order chi connectivity index (χ0) is 19.8. The molecule has 0 radical (unpaired) electrons. The minimum absolute atomic E-state index is 0.155. The van der Waals surface area contributed by atoms with Gasteiger partial charge in [-0.1, -0.05) is 38.1 Å². The molecule has 2 aliphatic rings. The SMILES string of the molecule is CC(C)c1ccc([C@@]2(C)NC(=O)N(CC(=O)N3CCCC[C@@H]3C)C2=O)cc1. The normalized spacial score (nSPS) is 25.9. The molecular weight excluding hydrogens is 342 g/mol. The Balaban J connectivity index is 1.76. The van der Waals surface area contributed by atoms with Crippen molar-refractivity contribution < 1.29 is 14.4 Å². The average molecular weight is 371 g/mol. The van der Waals surface area contributed by atoms with E-state index >= 15 is 0 Å². The number of carbonyl (C=O) groups is 3. The van der Waals surface area contributed by atoms with E-state index in [1.165, 1.54) is 5.56 Å². The molecule has 6 heteroatoms. The fraction of sp³-hybridized carbons (Fsp3) is 0.571. The topological polar surface area (TPSA) is 69.7 Å². The summed E-state index contributed by atoms with van der Waals surface area (Å²) in [4.78, 5) is 41.0. The van der Waals surface area contributed by atoms with Gasteiger partial charge in [-0.15, -0.1) is 0 Å². The van der Waals surface area contributed by atoms with Crippen molar-refractivity contribution in [3.8, 4) is 0 Å². The number of benzene rings is 1. The van der Waals surface area contributed by atoms with E-state index in [4.69, 9.17) is 0 Å². The van der Waals surface area contributed by atoms with Gasteiger partial charge in [0.1, 0.15) is 12.1 Å². The monoisotopic (exact) mass is 371 g/mol. The van der Waals surface area contributed by atoms with Gasteiger partial charge in [-0.25, -0.2) is 4.79 Å². The number of carbonyl (C=O) groups excluding carboxylic acids is 3. The molecule has 1 aromatic rings. The molecule has 0 unspecified atom stereocenters. The summed E-state index contributed by atoms with van der Waals surface area (Å²) >= 11 is 0. The van der Waals surface area contributed by atoms with E-state index < -0.39 is 11.6 Å². The number of likely N-dealkylation sites (tertiary alicyclic amines) is 1. The van der Waals surface area contributed by atoms with Gasteiger partial charge in [0.15, 0.2) is 0 Å². The maximum Gasteiger partial charge on any atom is 0.325 e. The molecule has 0 bridgehead atoms. The molecule has 2 aliphatic heterocycles. The van der Waals surface area contributed by atoms with Crippen molar-refractivity contribution in [1.82, 2.24) is 15.1 Å². The maximum absolute atomic E-state index is 13.0. The van der Waals surface area contributed by atoms with Crippen LogP contribution in [0.15, 0.2) is 24.3 Å². The van der Waals surface area contributed by atoms with Crippen LogP contribution in [-0.4, -0.2) is 46.8 Å². The number of piperidine rings is 1. The molecule has 2 atom stereocenters. The van der Waals surface area contributed by atoms with Crippen molar-refractivity contribution >= 4 is 17.8 Å². The Morgan fingerprint density at radius 3 is 2.48 bits per heavy atom. The Labute approximate surface area is 160 Å². The third-order valence-electron chi connectivity index (χ3n) is 5.85. The van der Waals surface area contributed by atoms with E-state index in [1.54, 1.807) is 11.8 Å². The van der Waals surface area contributed by atoms with Crippen molar-refractivity contribution in [1.29, 1.82) is 0 Å². The van der Waals surface area contributed by atoms with Crippen LogP contribution < -0.4 is 5.32 Å². The van der Waals surface area contributed by atoms with Crippen LogP contribution in [0.1, 0.15) is 64.0 Å². The highest BCUT2D eigenvalue weighted by Gasteiger charge is 2.49. The lowest BCUT2D eigenvalue weighted by atomic mass is 9.90. The van der Waals surface area contributed by atoms with Crippen LogP contribution in [0.25, 0.3) is 0 Å².